The maximum atomic E-state index is 13.7. The van der Waals surface area contributed by atoms with Crippen LogP contribution in [0.2, 0.25) is 0 Å². The number of alkyl halides is 3. The van der Waals surface area contributed by atoms with Gasteiger partial charge in [0.25, 0.3) is 0 Å². The number of hydrogen-bond donors (Lipinski definition) is 2. The highest BCUT2D eigenvalue weighted by atomic mass is 19.4. The molecule has 0 bridgehead atoms. The van der Waals surface area contributed by atoms with E-state index >= 15 is 0 Å². The molecule has 5 rings (SSSR count). The predicted octanol–water partition coefficient (Wildman–Crippen LogP) is 6.76. The number of rotatable bonds is 2. The molecule has 5 aliphatic rings. The van der Waals surface area contributed by atoms with Crippen LogP contribution in [0.15, 0.2) is 11.6 Å². The van der Waals surface area contributed by atoms with Crippen LogP contribution in [-0.4, -0.2) is 35.6 Å². The third-order valence-electron chi connectivity index (χ3n) is 13.6. The Labute approximate surface area is 242 Å². The standard InChI is InChI=1S/C33H47F3N2O3/c1-27(2)10-12-32(26(41)38-18-33(34,35)36)13-11-31(7)24(20(32)16-27)21(39)14-23-29(5)15-19(17-37)25(40)28(3,4)22(29)8-9-30(23,31)6/h15,20-24,39H,8-14,16,18H2,1-7H3,(H,38,41)/t20-,21+,22-,23+,24-,29-,30+,31+,32-/m0/s1. The molecular formula is C33H47F3N2O3. The number of amides is 1. The molecule has 41 heavy (non-hydrogen) atoms. The summed E-state index contributed by atoms with van der Waals surface area (Å²) in [4.78, 5) is 27.0. The highest BCUT2D eigenvalue weighted by molar-refractivity contribution is 6.04. The van der Waals surface area contributed by atoms with Gasteiger partial charge in [-0.3, -0.25) is 9.59 Å². The number of Topliss-reactive ketones (excluding diaryl/α,β-unsaturated/α-hetero) is 1. The fraction of sp³-hybridized carbons (Fsp3) is 0.848. The number of carbonyl (C=O) groups excluding carboxylic acids is 2. The summed E-state index contributed by atoms with van der Waals surface area (Å²) in [5.74, 6) is -1.03. The Balaban J connectivity index is 1.59. The molecule has 0 unspecified atom stereocenters. The van der Waals surface area contributed by atoms with Gasteiger partial charge in [-0.1, -0.05) is 54.5 Å². The number of aliphatic hydroxyl groups excluding tert-OH is 1. The molecule has 9 atom stereocenters. The van der Waals surface area contributed by atoms with Gasteiger partial charge in [0.15, 0.2) is 5.78 Å². The summed E-state index contributed by atoms with van der Waals surface area (Å²) in [6.45, 7) is 13.6. The molecule has 8 heteroatoms. The van der Waals surface area contributed by atoms with Crippen LogP contribution in [0, 0.1) is 67.5 Å². The third-order valence-corrected chi connectivity index (χ3v) is 13.6. The largest absolute Gasteiger partial charge is 0.405 e. The lowest BCUT2D eigenvalue weighted by atomic mass is 9.31. The first kappa shape index (κ1) is 30.6. The van der Waals surface area contributed by atoms with Crippen molar-refractivity contribution in [2.75, 3.05) is 6.54 Å². The van der Waals surface area contributed by atoms with Crippen LogP contribution in [0.5, 0.6) is 0 Å². The second kappa shape index (κ2) is 9.07. The number of hydrogen-bond acceptors (Lipinski definition) is 4. The zero-order valence-electron chi connectivity index (χ0n) is 25.7. The van der Waals surface area contributed by atoms with Gasteiger partial charge in [-0.25, -0.2) is 0 Å². The molecule has 5 aliphatic carbocycles. The van der Waals surface area contributed by atoms with Crippen molar-refractivity contribution in [1.29, 1.82) is 5.26 Å². The lowest BCUT2D eigenvalue weighted by Crippen LogP contribution is -2.70. The fourth-order valence-corrected chi connectivity index (χ4v) is 11.4. The maximum Gasteiger partial charge on any atom is 0.405 e. The van der Waals surface area contributed by atoms with Crippen LogP contribution in [0.4, 0.5) is 13.2 Å². The minimum atomic E-state index is -4.48. The number of nitriles is 1. The lowest BCUT2D eigenvalue weighted by molar-refractivity contribution is -0.257. The van der Waals surface area contributed by atoms with Crippen molar-refractivity contribution in [3.8, 4) is 6.07 Å². The van der Waals surface area contributed by atoms with E-state index in [4.69, 9.17) is 0 Å². The maximum absolute atomic E-state index is 13.7. The van der Waals surface area contributed by atoms with E-state index in [0.29, 0.717) is 32.1 Å². The van der Waals surface area contributed by atoms with Gasteiger partial charge in [0, 0.05) is 5.41 Å². The normalized spacial score (nSPS) is 46.5. The lowest BCUT2D eigenvalue weighted by Gasteiger charge is -2.73. The minimum absolute atomic E-state index is 0.0175. The van der Waals surface area contributed by atoms with E-state index in [2.05, 4.69) is 46.0 Å². The highest BCUT2D eigenvalue weighted by Crippen LogP contribution is 2.76. The van der Waals surface area contributed by atoms with Crippen molar-refractivity contribution in [1.82, 2.24) is 5.32 Å². The molecule has 0 saturated heterocycles. The van der Waals surface area contributed by atoms with Crippen LogP contribution in [0.3, 0.4) is 0 Å². The molecule has 0 aromatic rings. The van der Waals surface area contributed by atoms with Gasteiger partial charge in [-0.15, -0.1) is 0 Å². The van der Waals surface area contributed by atoms with E-state index < -0.39 is 41.0 Å². The Morgan fingerprint density at radius 2 is 1.66 bits per heavy atom. The zero-order valence-corrected chi connectivity index (χ0v) is 25.7. The summed E-state index contributed by atoms with van der Waals surface area (Å²) in [7, 11) is 0. The number of nitrogens with zero attached hydrogens (tertiary/aromatic N) is 1. The van der Waals surface area contributed by atoms with Crippen molar-refractivity contribution in [3.05, 3.63) is 11.6 Å². The Bertz CT molecular complexity index is 1220. The molecule has 0 aliphatic heterocycles. The molecule has 4 fully saturated rings. The summed E-state index contributed by atoms with van der Waals surface area (Å²) in [6.07, 6.45) is 1.99. The average molecular weight is 577 g/mol. The third kappa shape index (κ3) is 4.18. The zero-order chi connectivity index (χ0) is 30.6. The summed E-state index contributed by atoms with van der Waals surface area (Å²) in [6, 6.07) is 2.16. The number of nitrogens with one attached hydrogen (secondary N) is 1. The van der Waals surface area contributed by atoms with Gasteiger partial charge in [-0.2, -0.15) is 18.4 Å². The molecule has 228 valence electrons. The monoisotopic (exact) mass is 576 g/mol. The topological polar surface area (TPSA) is 90.2 Å². The van der Waals surface area contributed by atoms with Gasteiger partial charge >= 0.3 is 6.18 Å². The van der Waals surface area contributed by atoms with Crippen LogP contribution in [-0.2, 0) is 9.59 Å². The molecule has 1 amide bonds. The van der Waals surface area contributed by atoms with Crippen molar-refractivity contribution in [2.24, 2.45) is 56.2 Å². The molecule has 0 heterocycles. The first-order chi connectivity index (χ1) is 18.7. The van der Waals surface area contributed by atoms with Gasteiger partial charge in [0.2, 0.25) is 5.91 Å². The summed E-state index contributed by atoms with van der Waals surface area (Å²) < 4.78 is 39.5. The quantitative estimate of drug-likeness (QED) is 0.380. The van der Waals surface area contributed by atoms with Crippen molar-refractivity contribution in [3.63, 3.8) is 0 Å². The van der Waals surface area contributed by atoms with Crippen molar-refractivity contribution in [2.45, 2.75) is 112 Å². The van der Waals surface area contributed by atoms with Gasteiger partial charge < -0.3 is 10.4 Å². The van der Waals surface area contributed by atoms with E-state index in [0.717, 1.165) is 19.3 Å². The molecule has 4 saturated carbocycles. The molecular weight excluding hydrogens is 529 g/mol. The number of ketones is 1. The number of aliphatic hydroxyl groups is 1. The smallest absolute Gasteiger partial charge is 0.393 e. The fourth-order valence-electron chi connectivity index (χ4n) is 11.4. The van der Waals surface area contributed by atoms with E-state index in [9.17, 15) is 33.1 Å². The Kier molecular flexibility index (Phi) is 6.76. The Morgan fingerprint density at radius 3 is 2.27 bits per heavy atom. The average Bonchev–Trinajstić information content (AvgIpc) is 2.85. The molecule has 0 spiro atoms. The predicted molar refractivity (Wildman–Crippen MR) is 149 cm³/mol. The summed E-state index contributed by atoms with van der Waals surface area (Å²) in [5.41, 5.74) is -2.57. The van der Waals surface area contributed by atoms with Gasteiger partial charge in [0.05, 0.1) is 17.1 Å². The molecule has 5 nitrogen and oxygen atoms in total. The minimum Gasteiger partial charge on any atom is -0.393 e. The second-order valence-electron chi connectivity index (χ2n) is 16.3. The van der Waals surface area contributed by atoms with Crippen molar-refractivity contribution < 1.29 is 27.9 Å². The first-order valence-electron chi connectivity index (χ1n) is 15.4. The summed E-state index contributed by atoms with van der Waals surface area (Å²) >= 11 is 0. The summed E-state index contributed by atoms with van der Waals surface area (Å²) in [5, 5.41) is 24.3. The number of fused-ring (bicyclic) bond motifs is 7. The number of halogens is 3. The van der Waals surface area contributed by atoms with Crippen LogP contribution in [0.1, 0.15) is 99.8 Å². The SMILES string of the molecule is CC1(C)CC[C@]2(C(=O)NCC(F)(F)F)CC[C@]3(C)[C@H]([C@H](O)C[C@@H]4[C@@]5(C)C=C(C#N)C(=O)C(C)(C)[C@@H]5CC[C@]43C)[C@@H]2C1. The van der Waals surface area contributed by atoms with Crippen LogP contribution >= 0.6 is 0 Å². The Hall–Kier alpha value is -1.88. The number of carbonyl (C=O) groups is 2. The van der Waals surface area contributed by atoms with Crippen LogP contribution in [0.25, 0.3) is 0 Å². The van der Waals surface area contributed by atoms with E-state index in [1.54, 1.807) is 0 Å². The van der Waals surface area contributed by atoms with E-state index in [1.165, 1.54) is 0 Å². The highest BCUT2D eigenvalue weighted by Gasteiger charge is 2.72. The van der Waals surface area contributed by atoms with E-state index in [1.807, 2.05) is 19.9 Å². The van der Waals surface area contributed by atoms with Crippen molar-refractivity contribution >= 4 is 11.7 Å². The Morgan fingerprint density at radius 1 is 1.02 bits per heavy atom. The molecule has 0 aromatic heterocycles. The van der Waals surface area contributed by atoms with Gasteiger partial charge in [0.1, 0.15) is 12.6 Å². The molecule has 0 aromatic carbocycles. The number of allylic oxidation sites excluding steroid dienone is 2. The van der Waals surface area contributed by atoms with Crippen LogP contribution < -0.4 is 5.32 Å². The first-order valence-corrected chi connectivity index (χ1v) is 15.4. The molecule has 0 radical (unpaired) electrons. The van der Waals surface area contributed by atoms with Gasteiger partial charge in [-0.05, 0) is 96.7 Å². The molecule has 2 N–H and O–H groups in total. The second-order valence-corrected chi connectivity index (χ2v) is 16.3. The van der Waals surface area contributed by atoms with E-state index in [-0.39, 0.29) is 51.3 Å².